The van der Waals surface area contributed by atoms with Crippen LogP contribution >= 0.6 is 0 Å². The molecule has 1 fully saturated rings. The fourth-order valence-corrected chi connectivity index (χ4v) is 5.37. The molecule has 0 radical (unpaired) electrons. The molecule has 3 rings (SSSR count). The molecule has 8 N–H and O–H groups in total. The van der Waals surface area contributed by atoms with Crippen molar-refractivity contribution in [3.8, 4) is 11.5 Å². The molecule has 13 heteroatoms. The number of carbonyl (C=O) groups is 2. The third-order valence-corrected chi connectivity index (χ3v) is 9.45. The molecule has 0 aromatic heterocycles. The number of carbonyl (C=O) groups excluding carboxylic acids is 2. The van der Waals surface area contributed by atoms with Crippen LogP contribution in [0.25, 0.3) is 0 Å². The molecule has 50 heavy (non-hydrogen) atoms. The number of piperidine rings is 1. The van der Waals surface area contributed by atoms with E-state index in [1.807, 2.05) is 52.0 Å². The van der Waals surface area contributed by atoms with Gasteiger partial charge in [-0.2, -0.15) is 0 Å². The van der Waals surface area contributed by atoms with Gasteiger partial charge in [0.05, 0.1) is 13.2 Å². The van der Waals surface area contributed by atoms with Crippen LogP contribution in [0.1, 0.15) is 83.8 Å². The molecule has 1 saturated heterocycles. The van der Waals surface area contributed by atoms with Gasteiger partial charge in [0.2, 0.25) is 0 Å². The Morgan fingerprint density at radius 2 is 1.16 bits per heavy atom. The molecule has 13 nitrogen and oxygen atoms in total. The van der Waals surface area contributed by atoms with Crippen molar-refractivity contribution in [1.29, 1.82) is 0 Å². The summed E-state index contributed by atoms with van der Waals surface area (Å²) in [6.45, 7) is 12.1. The lowest BCUT2D eigenvalue weighted by molar-refractivity contribution is -0.147. The molecule has 276 valence electrons. The normalized spacial score (nSPS) is 17.0. The molecule has 0 saturated carbocycles. The topological polar surface area (TPSA) is 203 Å². The molecule has 4 atom stereocenters. The Morgan fingerprint density at radius 1 is 0.740 bits per heavy atom. The summed E-state index contributed by atoms with van der Waals surface area (Å²) in [5, 5.41) is 7.49. The van der Waals surface area contributed by atoms with Gasteiger partial charge in [0.25, 0.3) is 0 Å². The third kappa shape index (κ3) is 13.3. The average Bonchev–Trinajstić information content (AvgIpc) is 3.15. The predicted molar refractivity (Wildman–Crippen MR) is 195 cm³/mol. The summed E-state index contributed by atoms with van der Waals surface area (Å²) in [6, 6.07) is 13.0. The molecule has 0 amide bonds. The Morgan fingerprint density at radius 3 is 1.58 bits per heavy atom. The van der Waals surface area contributed by atoms with E-state index in [-0.39, 0.29) is 23.5 Å². The van der Waals surface area contributed by atoms with E-state index in [1.54, 1.807) is 24.3 Å². The number of hydrogen-bond donors (Lipinski definition) is 4. The molecular formula is C37H57N7O6. The summed E-state index contributed by atoms with van der Waals surface area (Å²) in [4.78, 5) is 36.4. The average molecular weight is 696 g/mol. The van der Waals surface area contributed by atoms with E-state index in [0.717, 1.165) is 63.2 Å². The number of hydrogen-bond acceptors (Lipinski definition) is 11. The van der Waals surface area contributed by atoms with E-state index < -0.39 is 24.0 Å². The minimum absolute atomic E-state index is 0.00526. The molecule has 0 aliphatic carbocycles. The Labute approximate surface area is 296 Å². The molecule has 2 aromatic rings. The van der Waals surface area contributed by atoms with Gasteiger partial charge in [-0.25, -0.2) is 9.59 Å². The fraction of sp³-hybridized carbons (Fsp3) is 0.568. The smallest absolute Gasteiger partial charge is 0.351 e. The maximum absolute atomic E-state index is 12.0. The molecule has 0 unspecified atom stereocenters. The van der Waals surface area contributed by atoms with Gasteiger partial charge in [-0.05, 0) is 111 Å². The van der Waals surface area contributed by atoms with Crippen molar-refractivity contribution in [2.75, 3.05) is 32.8 Å². The van der Waals surface area contributed by atoms with Gasteiger partial charge in [0.15, 0.2) is 11.7 Å². The highest BCUT2D eigenvalue weighted by atomic mass is 16.7. The van der Waals surface area contributed by atoms with Gasteiger partial charge < -0.3 is 47.0 Å². The quantitative estimate of drug-likeness (QED) is 0.0511. The molecule has 0 spiro atoms. The first-order valence-corrected chi connectivity index (χ1v) is 17.8. The van der Waals surface area contributed by atoms with Crippen molar-refractivity contribution in [2.45, 2.75) is 84.7 Å². The van der Waals surface area contributed by atoms with Crippen LogP contribution < -0.4 is 32.4 Å². The maximum atomic E-state index is 12.0. The predicted octanol–water partition coefficient (Wildman–Crippen LogP) is 4.10. The van der Waals surface area contributed by atoms with Crippen molar-refractivity contribution < 1.29 is 28.7 Å². The second-order valence-corrected chi connectivity index (χ2v) is 13.1. The number of likely N-dealkylation sites (tertiary alicyclic amines) is 1. The lowest BCUT2D eigenvalue weighted by atomic mass is 9.92. The van der Waals surface area contributed by atoms with E-state index in [0.29, 0.717) is 30.3 Å². The molecular weight excluding hydrogens is 638 g/mol. The van der Waals surface area contributed by atoms with Crippen molar-refractivity contribution in [3.63, 3.8) is 0 Å². The number of nitrogens with two attached hydrogens (primary N) is 4. The molecule has 1 heterocycles. The number of ether oxygens (including phenoxy) is 2. The van der Waals surface area contributed by atoms with Gasteiger partial charge in [-0.15, -0.1) is 0 Å². The number of oxime groups is 2. The Hall–Kier alpha value is -4.20. The Balaban J connectivity index is 1.26. The highest BCUT2D eigenvalue weighted by Gasteiger charge is 2.23. The second-order valence-electron chi connectivity index (χ2n) is 13.1. The van der Waals surface area contributed by atoms with Gasteiger partial charge in [-0.1, -0.05) is 50.8 Å². The van der Waals surface area contributed by atoms with E-state index in [9.17, 15) is 9.59 Å². The van der Waals surface area contributed by atoms with Crippen LogP contribution in [0, 0.1) is 17.8 Å². The van der Waals surface area contributed by atoms with Gasteiger partial charge in [0.1, 0.15) is 23.6 Å². The first-order valence-electron chi connectivity index (χ1n) is 17.8. The second kappa shape index (κ2) is 21.1. The lowest BCUT2D eigenvalue weighted by Crippen LogP contribution is -2.37. The van der Waals surface area contributed by atoms with Crippen LogP contribution in [0.2, 0.25) is 0 Å². The summed E-state index contributed by atoms with van der Waals surface area (Å²) < 4.78 is 11.9. The van der Waals surface area contributed by atoms with Crippen molar-refractivity contribution in [1.82, 2.24) is 4.90 Å². The van der Waals surface area contributed by atoms with Crippen LogP contribution in [0.3, 0.4) is 0 Å². The fourth-order valence-electron chi connectivity index (χ4n) is 5.37. The Bertz CT molecular complexity index is 1270. The van der Waals surface area contributed by atoms with E-state index in [4.69, 9.17) is 42.1 Å². The first kappa shape index (κ1) is 40.2. The van der Waals surface area contributed by atoms with Crippen molar-refractivity contribution >= 4 is 23.6 Å². The van der Waals surface area contributed by atoms with E-state index >= 15 is 0 Å². The summed E-state index contributed by atoms with van der Waals surface area (Å²) in [5.74, 6) is 1.19. The van der Waals surface area contributed by atoms with Crippen molar-refractivity contribution in [2.24, 2.45) is 51.0 Å². The lowest BCUT2D eigenvalue weighted by Gasteiger charge is -2.32. The summed E-state index contributed by atoms with van der Waals surface area (Å²) >= 11 is 0. The van der Waals surface area contributed by atoms with E-state index in [2.05, 4.69) is 15.2 Å². The minimum atomic E-state index is -0.738. The highest BCUT2D eigenvalue weighted by molar-refractivity contribution is 5.98. The van der Waals surface area contributed by atoms with Crippen LogP contribution in [-0.2, 0) is 19.3 Å². The first-order chi connectivity index (χ1) is 24.0. The zero-order valence-corrected chi connectivity index (χ0v) is 30.1. The molecule has 1 aliphatic rings. The maximum Gasteiger partial charge on any atom is 0.351 e. The van der Waals surface area contributed by atoms with Crippen LogP contribution in [-0.4, -0.2) is 73.4 Å². The number of rotatable bonds is 20. The SMILES string of the molecule is CC[C@H](C)[C@H](N)C(=O)ON=C(N)c1ccc(OCCCC2CCN(CCCOc3ccc(C(N)=NOC(=O)[C@@H](N)[C@@H](C)CC)cc3)CC2)cc1. The number of amidine groups is 2. The monoisotopic (exact) mass is 695 g/mol. The zero-order valence-electron chi connectivity index (χ0n) is 30.1. The molecule has 2 aromatic carbocycles. The van der Waals surface area contributed by atoms with Crippen LogP contribution in [0.4, 0.5) is 0 Å². The summed E-state index contributed by atoms with van der Waals surface area (Å²) in [5.41, 5.74) is 25.0. The summed E-state index contributed by atoms with van der Waals surface area (Å²) in [7, 11) is 0. The van der Waals surface area contributed by atoms with Gasteiger partial charge in [0, 0.05) is 17.7 Å². The molecule has 1 aliphatic heterocycles. The third-order valence-electron chi connectivity index (χ3n) is 9.45. The highest BCUT2D eigenvalue weighted by Crippen LogP contribution is 2.23. The van der Waals surface area contributed by atoms with Crippen LogP contribution in [0.5, 0.6) is 11.5 Å². The van der Waals surface area contributed by atoms with Crippen molar-refractivity contribution in [3.05, 3.63) is 59.7 Å². The minimum Gasteiger partial charge on any atom is -0.494 e. The summed E-state index contributed by atoms with van der Waals surface area (Å²) in [6.07, 6.45) is 6.96. The standard InChI is InChI=1S/C37H57N7O6/c1-5-25(3)32(38)36(45)49-42-34(40)28-10-14-30(15-11-28)47-23-7-9-27-18-21-44(22-19-27)20-8-24-48-31-16-12-29(13-17-31)35(41)43-50-37(46)33(39)26(4)6-2/h10-17,25-27,32-33H,5-9,18-24,38-39H2,1-4H3,(H2,40,42)(H2,41,43)/t25-,26-,32-,33-/m0/s1. The van der Waals surface area contributed by atoms with E-state index in [1.165, 1.54) is 12.8 Å². The number of benzene rings is 2. The number of nitrogens with zero attached hydrogens (tertiary/aromatic N) is 3. The zero-order chi connectivity index (χ0) is 36.5. The largest absolute Gasteiger partial charge is 0.494 e. The van der Waals surface area contributed by atoms with Crippen LogP contribution in [0.15, 0.2) is 58.8 Å². The van der Waals surface area contributed by atoms with Gasteiger partial charge in [-0.3, -0.25) is 0 Å². The molecule has 0 bridgehead atoms. The van der Waals surface area contributed by atoms with Gasteiger partial charge >= 0.3 is 11.9 Å². The Kier molecular flexibility index (Phi) is 17.0.